The average Bonchev–Trinajstić information content (AvgIpc) is 1.90. The normalized spacial score (nSPS) is 16.4. The number of rotatable bonds is 0. The standard InChI is InChI=1S/C6H12.C4H9.Li/c1-2-4-6-5-3-1;1-4(2)3;/h1-6H2;1-3H3;/q;-1;+1. The first-order valence-corrected chi connectivity index (χ1v) is 4.50. The monoisotopic (exact) mass is 148 g/mol. The molecule has 11 heavy (non-hydrogen) atoms. The molecule has 0 bridgehead atoms. The van der Waals surface area contributed by atoms with E-state index in [4.69, 9.17) is 0 Å². The summed E-state index contributed by atoms with van der Waals surface area (Å²) in [6.45, 7) is 6.25. The average molecular weight is 148 g/mol. The van der Waals surface area contributed by atoms with E-state index in [9.17, 15) is 0 Å². The fourth-order valence-electron chi connectivity index (χ4n) is 1.06. The number of hydrogen-bond donors (Lipinski definition) is 0. The van der Waals surface area contributed by atoms with Crippen LogP contribution in [0.1, 0.15) is 59.3 Å². The van der Waals surface area contributed by atoms with Crippen LogP contribution < -0.4 is 18.9 Å². The smallest absolute Gasteiger partial charge is 0.323 e. The molecule has 0 aliphatic heterocycles. The molecular formula is C10H21Li. The summed E-state index contributed by atoms with van der Waals surface area (Å²) in [6, 6.07) is 0. The zero-order valence-corrected chi connectivity index (χ0v) is 8.74. The van der Waals surface area contributed by atoms with Gasteiger partial charge in [0.2, 0.25) is 0 Å². The van der Waals surface area contributed by atoms with E-state index in [1.54, 1.807) is 0 Å². The Morgan fingerprint density at radius 2 is 0.727 bits per heavy atom. The quantitative estimate of drug-likeness (QED) is 0.354. The third kappa shape index (κ3) is 18.0. The van der Waals surface area contributed by atoms with Crippen LogP contribution in [0, 0.1) is 5.92 Å². The Balaban J connectivity index is 0. The molecule has 0 heterocycles. The van der Waals surface area contributed by atoms with E-state index in [1.165, 1.54) is 44.4 Å². The summed E-state index contributed by atoms with van der Waals surface area (Å²) in [5, 5.41) is 0. The molecule has 1 fully saturated rings. The molecule has 0 radical (unpaired) electrons. The van der Waals surface area contributed by atoms with Gasteiger partial charge >= 0.3 is 18.9 Å². The molecular weight excluding hydrogens is 127 g/mol. The van der Waals surface area contributed by atoms with Gasteiger partial charge in [-0.1, -0.05) is 38.5 Å². The first-order chi connectivity index (χ1) is 4.73. The fraction of sp³-hybridized carbons (Fsp3) is 0.900. The van der Waals surface area contributed by atoms with E-state index in [0.29, 0.717) is 0 Å². The van der Waals surface area contributed by atoms with Gasteiger partial charge in [0.1, 0.15) is 0 Å². The van der Waals surface area contributed by atoms with E-state index < -0.39 is 0 Å². The summed E-state index contributed by atoms with van der Waals surface area (Å²) >= 11 is 0. The minimum atomic E-state index is 0. The molecule has 0 aromatic heterocycles. The molecule has 1 saturated carbocycles. The second-order valence-corrected chi connectivity index (χ2v) is 3.62. The first kappa shape index (κ1) is 14.1. The second-order valence-electron chi connectivity index (χ2n) is 3.62. The van der Waals surface area contributed by atoms with Crippen molar-refractivity contribution >= 4 is 0 Å². The van der Waals surface area contributed by atoms with Crippen molar-refractivity contribution in [1.82, 2.24) is 0 Å². The molecule has 0 nitrogen and oxygen atoms in total. The van der Waals surface area contributed by atoms with Crippen molar-refractivity contribution in [1.29, 1.82) is 0 Å². The third-order valence-corrected chi connectivity index (χ3v) is 1.50. The van der Waals surface area contributed by atoms with E-state index in [-0.39, 0.29) is 18.9 Å². The summed E-state index contributed by atoms with van der Waals surface area (Å²) in [6.07, 6.45) is 9.00. The Morgan fingerprint density at radius 1 is 0.636 bits per heavy atom. The molecule has 0 aromatic rings. The summed E-state index contributed by atoms with van der Waals surface area (Å²) in [5.41, 5.74) is 0. The van der Waals surface area contributed by atoms with Crippen molar-refractivity contribution in [2.45, 2.75) is 59.3 Å². The van der Waals surface area contributed by atoms with Crippen molar-refractivity contribution in [3.63, 3.8) is 0 Å². The maximum absolute atomic E-state index is 2.08. The molecule has 1 rings (SSSR count). The minimum Gasteiger partial charge on any atom is -0.323 e. The molecule has 0 amide bonds. The topological polar surface area (TPSA) is 0 Å². The van der Waals surface area contributed by atoms with E-state index in [1.807, 2.05) is 0 Å². The van der Waals surface area contributed by atoms with Crippen LogP contribution in [0.3, 0.4) is 0 Å². The van der Waals surface area contributed by atoms with Gasteiger partial charge in [-0.3, -0.25) is 0 Å². The maximum Gasteiger partial charge on any atom is 1.00 e. The molecule has 62 valence electrons. The minimum absolute atomic E-state index is 0. The summed E-state index contributed by atoms with van der Waals surface area (Å²) < 4.78 is 0. The third-order valence-electron chi connectivity index (χ3n) is 1.50. The molecule has 0 saturated heterocycles. The molecule has 1 aliphatic carbocycles. The van der Waals surface area contributed by atoms with Crippen LogP contribution in [0.25, 0.3) is 0 Å². The molecule has 0 aromatic carbocycles. The van der Waals surface area contributed by atoms with Gasteiger partial charge in [0.15, 0.2) is 0 Å². The predicted molar refractivity (Wildman–Crippen MR) is 48.0 cm³/mol. The Labute approximate surface area is 84.3 Å². The van der Waals surface area contributed by atoms with Crippen LogP contribution in [0.5, 0.6) is 0 Å². The van der Waals surface area contributed by atoms with Crippen LogP contribution in [0.4, 0.5) is 0 Å². The van der Waals surface area contributed by atoms with Gasteiger partial charge < -0.3 is 5.92 Å². The Hall–Kier alpha value is 0.597. The first-order valence-electron chi connectivity index (χ1n) is 4.50. The van der Waals surface area contributed by atoms with Crippen molar-refractivity contribution in [2.75, 3.05) is 0 Å². The molecule has 0 atom stereocenters. The SMILES string of the molecule is C1CCCCC1.C[C-](C)C.[Li+]. The van der Waals surface area contributed by atoms with Crippen molar-refractivity contribution in [3.8, 4) is 0 Å². The van der Waals surface area contributed by atoms with Gasteiger partial charge in [-0.25, -0.2) is 0 Å². The van der Waals surface area contributed by atoms with Crippen molar-refractivity contribution in [3.05, 3.63) is 5.92 Å². The molecule has 0 N–H and O–H groups in total. The second kappa shape index (κ2) is 10.6. The molecule has 1 heteroatoms. The van der Waals surface area contributed by atoms with Crippen LogP contribution in [0.2, 0.25) is 0 Å². The summed E-state index contributed by atoms with van der Waals surface area (Å²) in [7, 11) is 0. The molecule has 0 unspecified atom stereocenters. The fourth-order valence-corrected chi connectivity index (χ4v) is 1.06. The van der Waals surface area contributed by atoms with E-state index in [0.717, 1.165) is 0 Å². The summed E-state index contributed by atoms with van der Waals surface area (Å²) in [4.78, 5) is 0. The van der Waals surface area contributed by atoms with Crippen LogP contribution >= 0.6 is 0 Å². The van der Waals surface area contributed by atoms with E-state index in [2.05, 4.69) is 20.8 Å². The zero-order valence-electron chi connectivity index (χ0n) is 8.74. The van der Waals surface area contributed by atoms with Gasteiger partial charge in [-0.2, -0.15) is 20.8 Å². The Morgan fingerprint density at radius 3 is 0.818 bits per heavy atom. The Kier molecular flexibility index (Phi) is 13.6. The summed E-state index contributed by atoms with van der Waals surface area (Å²) in [5.74, 6) is 1.42. The van der Waals surface area contributed by atoms with Gasteiger partial charge in [0.05, 0.1) is 0 Å². The van der Waals surface area contributed by atoms with Gasteiger partial charge in [-0.05, 0) is 0 Å². The maximum atomic E-state index is 2.08. The predicted octanol–water partition coefficient (Wildman–Crippen LogP) is 0.965. The Bertz CT molecular complexity index is 41.6. The van der Waals surface area contributed by atoms with Crippen molar-refractivity contribution < 1.29 is 18.9 Å². The van der Waals surface area contributed by atoms with Crippen LogP contribution in [-0.2, 0) is 0 Å². The van der Waals surface area contributed by atoms with Gasteiger partial charge in [0, 0.05) is 0 Å². The molecule has 0 spiro atoms. The van der Waals surface area contributed by atoms with E-state index >= 15 is 0 Å². The van der Waals surface area contributed by atoms with Crippen LogP contribution in [-0.4, -0.2) is 0 Å². The van der Waals surface area contributed by atoms with Crippen molar-refractivity contribution in [2.24, 2.45) is 0 Å². The molecule has 1 aliphatic rings. The zero-order chi connectivity index (χ0) is 7.82. The largest absolute Gasteiger partial charge is 1.00 e. The van der Waals surface area contributed by atoms with Gasteiger partial charge in [0.25, 0.3) is 0 Å². The van der Waals surface area contributed by atoms with Crippen LogP contribution in [0.15, 0.2) is 0 Å². The number of hydrogen-bond acceptors (Lipinski definition) is 0. The van der Waals surface area contributed by atoms with Gasteiger partial charge in [-0.15, -0.1) is 0 Å².